The van der Waals surface area contributed by atoms with Crippen LogP contribution in [0.2, 0.25) is 10.0 Å². The van der Waals surface area contributed by atoms with Gasteiger partial charge in [-0.1, -0.05) is 29.3 Å². The number of benzene rings is 2. The fourth-order valence-electron chi connectivity index (χ4n) is 7.70. The highest BCUT2D eigenvalue weighted by atomic mass is 35.5. The van der Waals surface area contributed by atoms with Gasteiger partial charge in [0.05, 0.1) is 33.7 Å². The van der Waals surface area contributed by atoms with Crippen LogP contribution >= 0.6 is 23.2 Å². The van der Waals surface area contributed by atoms with Crippen molar-refractivity contribution < 1.29 is 40.7 Å². The van der Waals surface area contributed by atoms with Crippen molar-refractivity contribution in [3.8, 4) is 0 Å². The van der Waals surface area contributed by atoms with Gasteiger partial charge in [-0.15, -0.1) is 0 Å². The maximum atomic E-state index is 13.8. The van der Waals surface area contributed by atoms with Crippen molar-refractivity contribution in [2.75, 3.05) is 59.0 Å². The van der Waals surface area contributed by atoms with E-state index in [9.17, 15) is 35.9 Å². The molecule has 4 saturated heterocycles. The van der Waals surface area contributed by atoms with E-state index in [1.165, 1.54) is 4.90 Å². The summed E-state index contributed by atoms with van der Waals surface area (Å²) in [5, 5.41) is 0.640. The Bertz CT molecular complexity index is 1500. The zero-order chi connectivity index (χ0) is 35.1. The Labute approximate surface area is 291 Å². The summed E-state index contributed by atoms with van der Waals surface area (Å²) >= 11 is 12.4. The first-order chi connectivity index (χ1) is 23.2. The summed E-state index contributed by atoms with van der Waals surface area (Å²) in [6.45, 7) is 5.86. The zero-order valence-corrected chi connectivity index (χ0v) is 28.2. The van der Waals surface area contributed by atoms with E-state index in [-0.39, 0.29) is 36.5 Å². The summed E-state index contributed by atoms with van der Waals surface area (Å²) in [4.78, 5) is 34.8. The Morgan fingerprint density at radius 3 is 2.00 bits per heavy atom. The second-order valence-electron chi connectivity index (χ2n) is 13.4. The second kappa shape index (κ2) is 14.6. The molecule has 4 atom stereocenters. The molecule has 0 saturated carbocycles. The number of hydrogen-bond donors (Lipinski definition) is 0. The average Bonchev–Trinajstić information content (AvgIpc) is 3.79. The third-order valence-corrected chi connectivity index (χ3v) is 11.1. The molecule has 268 valence electrons. The van der Waals surface area contributed by atoms with Crippen molar-refractivity contribution in [1.29, 1.82) is 0 Å². The Morgan fingerprint density at radius 1 is 0.776 bits per heavy atom. The molecule has 0 spiro atoms. The average molecular weight is 736 g/mol. The van der Waals surface area contributed by atoms with Gasteiger partial charge in [0.25, 0.3) is 5.91 Å². The SMILES string of the molecule is O=C(C1CCOC1)N1CCC(N2CCN(C3CCN(C(=O)c4cc(C(F)(F)F)cc(C(F)(F)F)c4)C(Cc4ccc(Cl)c(Cl)c4)C3)CC2)C1. The van der Waals surface area contributed by atoms with Crippen LogP contribution in [0.3, 0.4) is 0 Å². The predicted octanol–water partition coefficient (Wildman–Crippen LogP) is 6.50. The van der Waals surface area contributed by atoms with Crippen molar-refractivity contribution in [2.45, 2.75) is 62.6 Å². The fourth-order valence-corrected chi connectivity index (χ4v) is 8.02. The first-order valence-electron chi connectivity index (χ1n) is 16.6. The quantitative estimate of drug-likeness (QED) is 0.318. The molecule has 4 fully saturated rings. The number of piperazine rings is 1. The first kappa shape index (κ1) is 36.2. The molecule has 0 N–H and O–H groups in total. The van der Waals surface area contributed by atoms with Crippen molar-refractivity contribution in [1.82, 2.24) is 19.6 Å². The normalized spacial score (nSPS) is 26.0. The van der Waals surface area contributed by atoms with Gasteiger partial charge < -0.3 is 14.5 Å². The Morgan fingerprint density at radius 2 is 1.41 bits per heavy atom. The number of carbonyl (C=O) groups excluding carboxylic acids is 2. The number of amides is 2. The molecule has 15 heteroatoms. The van der Waals surface area contributed by atoms with Crippen LogP contribution in [0.1, 0.15) is 52.7 Å². The van der Waals surface area contributed by atoms with Crippen LogP contribution in [-0.4, -0.2) is 109 Å². The third-order valence-electron chi connectivity index (χ3n) is 10.4. The minimum atomic E-state index is -5.07. The molecule has 4 aliphatic heterocycles. The van der Waals surface area contributed by atoms with Gasteiger partial charge in [0.2, 0.25) is 5.91 Å². The molecular formula is C34H38Cl2F6N4O3. The van der Waals surface area contributed by atoms with E-state index < -0.39 is 41.0 Å². The number of ether oxygens (including phenoxy) is 1. The molecular weight excluding hydrogens is 697 g/mol. The van der Waals surface area contributed by atoms with E-state index in [1.807, 2.05) is 4.90 Å². The van der Waals surface area contributed by atoms with Crippen LogP contribution in [0.4, 0.5) is 26.3 Å². The number of nitrogens with zero attached hydrogens (tertiary/aromatic N) is 4. The molecule has 4 heterocycles. The number of likely N-dealkylation sites (tertiary alicyclic amines) is 2. The molecule has 7 nitrogen and oxygen atoms in total. The number of carbonyl (C=O) groups is 2. The molecule has 2 amide bonds. The van der Waals surface area contributed by atoms with Gasteiger partial charge in [0.15, 0.2) is 0 Å². The number of halogens is 8. The van der Waals surface area contributed by atoms with Gasteiger partial charge in [-0.3, -0.25) is 19.4 Å². The van der Waals surface area contributed by atoms with Gasteiger partial charge >= 0.3 is 12.4 Å². The summed E-state index contributed by atoms with van der Waals surface area (Å²) in [5.74, 6) is -0.757. The third kappa shape index (κ3) is 8.32. The smallest absolute Gasteiger partial charge is 0.381 e. The first-order valence-corrected chi connectivity index (χ1v) is 17.3. The lowest BCUT2D eigenvalue weighted by Gasteiger charge is -2.47. The van der Waals surface area contributed by atoms with Crippen LogP contribution in [-0.2, 0) is 28.3 Å². The van der Waals surface area contributed by atoms with Crippen LogP contribution in [0.5, 0.6) is 0 Å². The number of hydrogen-bond acceptors (Lipinski definition) is 5. The Hall–Kier alpha value is -2.58. The maximum Gasteiger partial charge on any atom is 0.416 e. The Kier molecular flexibility index (Phi) is 10.8. The molecule has 6 rings (SSSR count). The van der Waals surface area contributed by atoms with E-state index in [0.29, 0.717) is 61.2 Å². The molecule has 0 bridgehead atoms. The molecule has 2 aromatic carbocycles. The van der Waals surface area contributed by atoms with Crippen LogP contribution in [0.15, 0.2) is 36.4 Å². The number of rotatable bonds is 6. The van der Waals surface area contributed by atoms with Crippen LogP contribution < -0.4 is 0 Å². The van der Waals surface area contributed by atoms with Gasteiger partial charge in [-0.05, 0) is 68.0 Å². The molecule has 4 unspecified atom stereocenters. The summed E-state index contributed by atoms with van der Waals surface area (Å²) in [7, 11) is 0. The topological polar surface area (TPSA) is 56.3 Å². The highest BCUT2D eigenvalue weighted by Crippen LogP contribution is 2.38. The van der Waals surface area contributed by atoms with Gasteiger partial charge in [-0.2, -0.15) is 26.3 Å². The van der Waals surface area contributed by atoms with Crippen molar-refractivity contribution in [3.05, 3.63) is 68.7 Å². The number of alkyl halides is 6. The summed E-state index contributed by atoms with van der Waals surface area (Å²) < 4.78 is 87.2. The summed E-state index contributed by atoms with van der Waals surface area (Å²) in [5.41, 5.74) is -2.96. The van der Waals surface area contributed by atoms with E-state index in [0.717, 1.165) is 51.1 Å². The predicted molar refractivity (Wildman–Crippen MR) is 172 cm³/mol. The minimum absolute atomic E-state index is 0.0292. The van der Waals surface area contributed by atoms with E-state index >= 15 is 0 Å². The molecule has 2 aromatic rings. The molecule has 0 aromatic heterocycles. The molecule has 0 aliphatic carbocycles. The van der Waals surface area contributed by atoms with E-state index in [4.69, 9.17) is 27.9 Å². The van der Waals surface area contributed by atoms with Crippen molar-refractivity contribution in [3.63, 3.8) is 0 Å². The lowest BCUT2D eigenvalue weighted by molar-refractivity contribution is -0.143. The standard InChI is InChI=1S/C34H38Cl2F6N4O3/c35-29-2-1-21(14-30(29)36)13-28-18-26(4-7-46(28)32(48)23-15-24(33(37,38)39)17-25(16-23)34(40,41)42)43-8-10-44(11-9-43)27-3-6-45(19-27)31(47)22-5-12-49-20-22/h1-2,14-17,22,26-28H,3-13,18-20H2. The summed E-state index contributed by atoms with van der Waals surface area (Å²) in [6, 6.07) is 5.88. The highest BCUT2D eigenvalue weighted by Gasteiger charge is 2.41. The second-order valence-corrected chi connectivity index (χ2v) is 14.3. The lowest BCUT2D eigenvalue weighted by Crippen LogP contribution is -2.58. The molecule has 4 aliphatic rings. The lowest BCUT2D eigenvalue weighted by atomic mass is 9.90. The Balaban J connectivity index is 1.15. The fraction of sp³-hybridized carbons (Fsp3) is 0.588. The van der Waals surface area contributed by atoms with Gasteiger partial charge in [0, 0.05) is 76.1 Å². The molecule has 0 radical (unpaired) electrons. The van der Waals surface area contributed by atoms with Crippen molar-refractivity contribution in [2.24, 2.45) is 5.92 Å². The largest absolute Gasteiger partial charge is 0.416 e. The van der Waals surface area contributed by atoms with Crippen LogP contribution in [0.25, 0.3) is 0 Å². The summed E-state index contributed by atoms with van der Waals surface area (Å²) in [6.07, 6.45) is -7.16. The van der Waals surface area contributed by atoms with Crippen molar-refractivity contribution >= 4 is 35.0 Å². The van der Waals surface area contributed by atoms with Gasteiger partial charge in [-0.25, -0.2) is 0 Å². The monoisotopic (exact) mass is 734 g/mol. The van der Waals surface area contributed by atoms with E-state index in [1.54, 1.807) is 18.2 Å². The molecule has 49 heavy (non-hydrogen) atoms. The minimum Gasteiger partial charge on any atom is -0.381 e. The van der Waals surface area contributed by atoms with Gasteiger partial charge in [0.1, 0.15) is 0 Å². The number of piperidine rings is 1. The maximum absolute atomic E-state index is 13.8. The van der Waals surface area contributed by atoms with Crippen LogP contribution in [0, 0.1) is 5.92 Å². The highest BCUT2D eigenvalue weighted by molar-refractivity contribution is 6.42. The van der Waals surface area contributed by atoms with E-state index in [2.05, 4.69) is 9.80 Å². The zero-order valence-electron chi connectivity index (χ0n) is 26.7.